The largest absolute Gasteiger partial charge is 0.379 e. The number of nitrogens with one attached hydrogen (secondary N) is 2. The fourth-order valence-electron chi connectivity index (χ4n) is 3.28. The molecule has 2 rings (SSSR count). The van der Waals surface area contributed by atoms with Crippen molar-refractivity contribution in [3.63, 3.8) is 0 Å². The van der Waals surface area contributed by atoms with Gasteiger partial charge in [0.15, 0.2) is 5.96 Å². The van der Waals surface area contributed by atoms with E-state index in [0.29, 0.717) is 17.9 Å². The number of hydrogen-bond acceptors (Lipinski definition) is 5. The van der Waals surface area contributed by atoms with Crippen molar-refractivity contribution in [2.45, 2.75) is 32.7 Å². The first kappa shape index (κ1) is 27.1. The zero-order valence-corrected chi connectivity index (χ0v) is 21.9. The van der Waals surface area contributed by atoms with Gasteiger partial charge in [-0.1, -0.05) is 19.9 Å². The molecule has 172 valence electrons. The third kappa shape index (κ3) is 10.4. The maximum absolute atomic E-state index is 12.0. The van der Waals surface area contributed by atoms with Crippen molar-refractivity contribution in [1.29, 1.82) is 0 Å². The highest BCUT2D eigenvalue weighted by atomic mass is 127. The van der Waals surface area contributed by atoms with Crippen LogP contribution in [0.15, 0.2) is 22.5 Å². The minimum atomic E-state index is -0.00346. The number of thiophene rings is 1. The van der Waals surface area contributed by atoms with Crippen LogP contribution in [-0.2, 0) is 16.0 Å². The van der Waals surface area contributed by atoms with Crippen LogP contribution in [0.5, 0.6) is 0 Å². The van der Waals surface area contributed by atoms with Crippen LogP contribution >= 0.6 is 35.3 Å². The number of likely N-dealkylation sites (N-methyl/N-ethyl adjacent to an activating group) is 1. The molecule has 0 bridgehead atoms. The Labute approximate surface area is 202 Å². The molecule has 1 unspecified atom stereocenters. The van der Waals surface area contributed by atoms with Gasteiger partial charge in [0.25, 0.3) is 0 Å². The number of aliphatic imine (C=N–C) groups is 1. The van der Waals surface area contributed by atoms with E-state index in [9.17, 15) is 4.79 Å². The highest BCUT2D eigenvalue weighted by Crippen LogP contribution is 2.13. The Morgan fingerprint density at radius 1 is 1.30 bits per heavy atom. The molecule has 0 saturated carbocycles. The molecule has 0 radical (unpaired) electrons. The molecule has 1 aliphatic rings. The first-order valence-electron chi connectivity index (χ1n) is 10.5. The average Bonchev–Trinajstić information content (AvgIpc) is 3.22. The van der Waals surface area contributed by atoms with Gasteiger partial charge >= 0.3 is 0 Å². The van der Waals surface area contributed by atoms with E-state index in [1.54, 1.807) is 30.3 Å². The summed E-state index contributed by atoms with van der Waals surface area (Å²) in [5, 5.41) is 8.98. The summed E-state index contributed by atoms with van der Waals surface area (Å²) in [6.45, 7) is 9.79. The summed E-state index contributed by atoms with van der Waals surface area (Å²) in [5.74, 6) is 1.32. The van der Waals surface area contributed by atoms with E-state index >= 15 is 0 Å². The number of nitrogens with zero attached hydrogens (tertiary/aromatic N) is 3. The second-order valence-corrected chi connectivity index (χ2v) is 9.05. The molecule has 1 atom stereocenters. The predicted octanol–water partition coefficient (Wildman–Crippen LogP) is 2.28. The molecule has 7 nitrogen and oxygen atoms in total. The van der Waals surface area contributed by atoms with Crippen LogP contribution < -0.4 is 10.6 Å². The zero-order valence-electron chi connectivity index (χ0n) is 18.7. The van der Waals surface area contributed by atoms with Crippen molar-refractivity contribution >= 4 is 47.2 Å². The number of morpholine rings is 1. The molecule has 0 spiro atoms. The van der Waals surface area contributed by atoms with Gasteiger partial charge in [-0.3, -0.25) is 9.69 Å². The minimum absolute atomic E-state index is 0. The van der Waals surface area contributed by atoms with E-state index in [1.165, 1.54) is 4.88 Å². The van der Waals surface area contributed by atoms with Gasteiger partial charge in [0.2, 0.25) is 5.91 Å². The van der Waals surface area contributed by atoms with Crippen LogP contribution in [0.25, 0.3) is 0 Å². The van der Waals surface area contributed by atoms with E-state index in [4.69, 9.17) is 4.74 Å². The fraction of sp³-hybridized carbons (Fsp3) is 0.714. The molecule has 1 aromatic heterocycles. The molecular formula is C21H38IN5O2S. The van der Waals surface area contributed by atoms with Crippen molar-refractivity contribution in [1.82, 2.24) is 20.4 Å². The number of halogens is 1. The molecule has 30 heavy (non-hydrogen) atoms. The normalized spacial score (nSPS) is 16.1. The molecule has 1 amide bonds. The summed E-state index contributed by atoms with van der Waals surface area (Å²) in [7, 11) is 3.51. The summed E-state index contributed by atoms with van der Waals surface area (Å²) >= 11 is 1.76. The summed E-state index contributed by atoms with van der Waals surface area (Å²) in [6.07, 6.45) is 2.06. The number of guanidine groups is 1. The van der Waals surface area contributed by atoms with E-state index in [-0.39, 0.29) is 36.4 Å². The van der Waals surface area contributed by atoms with Crippen LogP contribution in [0.3, 0.4) is 0 Å². The molecule has 1 saturated heterocycles. The molecule has 0 aromatic carbocycles. The van der Waals surface area contributed by atoms with E-state index < -0.39 is 0 Å². The van der Waals surface area contributed by atoms with Gasteiger partial charge in [0.05, 0.1) is 13.2 Å². The molecule has 1 aromatic rings. The molecular weight excluding hydrogens is 513 g/mol. The third-order valence-electron chi connectivity index (χ3n) is 4.93. The summed E-state index contributed by atoms with van der Waals surface area (Å²) in [5.41, 5.74) is 0. The van der Waals surface area contributed by atoms with Crippen molar-refractivity contribution in [2.24, 2.45) is 10.9 Å². The first-order chi connectivity index (χ1) is 14.0. The van der Waals surface area contributed by atoms with Gasteiger partial charge < -0.3 is 20.3 Å². The number of carbonyl (C=O) groups excluding carboxylic acids is 1. The highest BCUT2D eigenvalue weighted by molar-refractivity contribution is 14.0. The van der Waals surface area contributed by atoms with Gasteiger partial charge in [-0.2, -0.15) is 0 Å². The minimum Gasteiger partial charge on any atom is -0.379 e. The van der Waals surface area contributed by atoms with E-state index in [1.807, 2.05) is 0 Å². The van der Waals surface area contributed by atoms with Crippen molar-refractivity contribution < 1.29 is 9.53 Å². The van der Waals surface area contributed by atoms with Crippen LogP contribution in [0, 0.1) is 5.92 Å². The van der Waals surface area contributed by atoms with E-state index in [0.717, 1.165) is 52.2 Å². The van der Waals surface area contributed by atoms with Gasteiger partial charge in [-0.15, -0.1) is 35.3 Å². The second kappa shape index (κ2) is 15.0. The zero-order chi connectivity index (χ0) is 21.1. The van der Waals surface area contributed by atoms with Crippen molar-refractivity contribution in [2.75, 3.05) is 60.0 Å². The van der Waals surface area contributed by atoms with Crippen LogP contribution in [0.4, 0.5) is 0 Å². The summed E-state index contributed by atoms with van der Waals surface area (Å²) < 4.78 is 5.52. The topological polar surface area (TPSA) is 69.2 Å². The molecule has 2 N–H and O–H groups in total. The predicted molar refractivity (Wildman–Crippen MR) is 136 cm³/mol. The quantitative estimate of drug-likeness (QED) is 0.266. The number of hydrogen-bond donors (Lipinski definition) is 2. The number of ether oxygens (including phenoxy) is 1. The van der Waals surface area contributed by atoms with Crippen LogP contribution in [-0.4, -0.2) is 87.7 Å². The Hall–Kier alpha value is -0.910. The maximum Gasteiger partial charge on any atom is 0.243 e. The Kier molecular flexibility index (Phi) is 13.5. The highest BCUT2D eigenvalue weighted by Gasteiger charge is 2.22. The molecule has 2 heterocycles. The Morgan fingerprint density at radius 3 is 2.63 bits per heavy atom. The smallest absolute Gasteiger partial charge is 0.243 e. The standard InChI is InChI=1S/C21H37N5O2S.HI/c1-17(2)14-18(26-9-11-28-12-10-26)15-23-21(24-16-20(27)25(3)4)22-8-7-19-6-5-13-29-19;/h5-6,13,17-18H,7-12,14-16H2,1-4H3,(H2,22,23,24);1H. The van der Waals surface area contributed by atoms with Gasteiger partial charge in [0.1, 0.15) is 6.54 Å². The van der Waals surface area contributed by atoms with Gasteiger partial charge in [-0.05, 0) is 30.2 Å². The maximum atomic E-state index is 12.0. The SMILES string of the molecule is CC(C)CC(CNC(=NCC(=O)N(C)C)NCCc1cccs1)N1CCOCC1.I. The fourth-order valence-corrected chi connectivity index (χ4v) is 3.99. The third-order valence-corrected chi connectivity index (χ3v) is 5.86. The number of rotatable bonds is 10. The lowest BCUT2D eigenvalue weighted by Gasteiger charge is -2.35. The summed E-state index contributed by atoms with van der Waals surface area (Å²) in [6, 6.07) is 4.64. The summed E-state index contributed by atoms with van der Waals surface area (Å²) in [4.78, 5) is 21.9. The Balaban J connectivity index is 0.00000450. The second-order valence-electron chi connectivity index (χ2n) is 8.02. The van der Waals surface area contributed by atoms with Gasteiger partial charge in [0, 0.05) is 51.2 Å². The molecule has 9 heteroatoms. The monoisotopic (exact) mass is 551 g/mol. The lowest BCUT2D eigenvalue weighted by atomic mass is 10.0. The van der Waals surface area contributed by atoms with Crippen LogP contribution in [0.1, 0.15) is 25.1 Å². The van der Waals surface area contributed by atoms with Crippen molar-refractivity contribution in [3.8, 4) is 0 Å². The Morgan fingerprint density at radius 2 is 2.03 bits per heavy atom. The van der Waals surface area contributed by atoms with Gasteiger partial charge in [-0.25, -0.2) is 4.99 Å². The molecule has 1 fully saturated rings. The lowest BCUT2D eigenvalue weighted by molar-refractivity contribution is -0.127. The number of carbonyl (C=O) groups is 1. The Bertz CT molecular complexity index is 619. The first-order valence-corrected chi connectivity index (χ1v) is 11.4. The van der Waals surface area contributed by atoms with E-state index in [2.05, 4.69) is 51.9 Å². The average molecular weight is 552 g/mol. The molecule has 0 aliphatic carbocycles. The van der Waals surface area contributed by atoms with Crippen LogP contribution in [0.2, 0.25) is 0 Å². The van der Waals surface area contributed by atoms with Crippen molar-refractivity contribution in [3.05, 3.63) is 22.4 Å². The lowest BCUT2D eigenvalue weighted by Crippen LogP contribution is -2.51. The molecule has 1 aliphatic heterocycles. The number of amides is 1.